The van der Waals surface area contributed by atoms with E-state index in [-0.39, 0.29) is 21.7 Å². The Morgan fingerprint density at radius 1 is 0.629 bits per heavy atom. The van der Waals surface area contributed by atoms with Crippen LogP contribution in [0, 0.1) is 6.92 Å². The maximum absolute atomic E-state index is 12.0. The lowest BCUT2D eigenvalue weighted by Crippen LogP contribution is -2.15. The SMILES string of the molecule is Cc1ccnc(NS(=O)(=O)c2ccc(N)cc2)n1.Nc1ccc(S(=O)(=O)Nc2ncccn2)cc1. The van der Waals surface area contributed by atoms with Crippen molar-refractivity contribution in [3.63, 3.8) is 0 Å². The molecule has 0 atom stereocenters. The van der Waals surface area contributed by atoms with E-state index in [4.69, 9.17) is 11.5 Å². The van der Waals surface area contributed by atoms with Crippen LogP contribution in [0.1, 0.15) is 5.69 Å². The number of hydrogen-bond acceptors (Lipinski definition) is 10. The number of nitrogens with zero attached hydrogens (tertiary/aromatic N) is 4. The molecule has 12 nitrogen and oxygen atoms in total. The van der Waals surface area contributed by atoms with Crippen LogP contribution in [0.3, 0.4) is 0 Å². The number of nitrogens with one attached hydrogen (secondary N) is 2. The van der Waals surface area contributed by atoms with Gasteiger partial charge in [-0.1, -0.05) is 0 Å². The summed E-state index contributed by atoms with van der Waals surface area (Å²) >= 11 is 0. The molecule has 0 saturated carbocycles. The Labute approximate surface area is 202 Å². The average molecular weight is 515 g/mol. The van der Waals surface area contributed by atoms with Gasteiger partial charge in [-0.3, -0.25) is 0 Å². The first-order chi connectivity index (χ1) is 16.5. The zero-order valence-corrected chi connectivity index (χ0v) is 20.0. The molecule has 182 valence electrons. The van der Waals surface area contributed by atoms with E-state index < -0.39 is 20.0 Å². The third kappa shape index (κ3) is 7.35. The smallest absolute Gasteiger partial charge is 0.264 e. The minimum absolute atomic E-state index is 0.0318. The monoisotopic (exact) mass is 514 g/mol. The number of aryl methyl sites for hydroxylation is 1. The van der Waals surface area contributed by atoms with Crippen LogP contribution >= 0.6 is 0 Å². The van der Waals surface area contributed by atoms with E-state index in [2.05, 4.69) is 29.4 Å². The summed E-state index contributed by atoms with van der Waals surface area (Å²) in [5.41, 5.74) is 12.7. The van der Waals surface area contributed by atoms with E-state index in [9.17, 15) is 16.8 Å². The summed E-state index contributed by atoms with van der Waals surface area (Å²) in [5, 5.41) is 0. The summed E-state index contributed by atoms with van der Waals surface area (Å²) in [4.78, 5) is 15.6. The van der Waals surface area contributed by atoms with Crippen LogP contribution in [0.25, 0.3) is 0 Å². The Morgan fingerprint density at radius 3 is 1.51 bits per heavy atom. The van der Waals surface area contributed by atoms with Crippen molar-refractivity contribution in [1.29, 1.82) is 0 Å². The molecule has 0 unspecified atom stereocenters. The summed E-state index contributed by atoms with van der Waals surface area (Å²) in [6.45, 7) is 1.75. The van der Waals surface area contributed by atoms with E-state index in [1.807, 2.05) is 0 Å². The number of nitrogens with two attached hydrogens (primary N) is 2. The molecular weight excluding hydrogens is 492 g/mol. The standard InChI is InChI=1S/C11H12N4O2S.C10H10N4O2S/c1-8-6-7-13-11(14-8)15-18(16,17)10-4-2-9(12)3-5-10;11-8-2-4-9(5-3-8)17(15,16)14-10-12-6-1-7-13-10/h2-7H,12H2,1H3,(H,13,14,15);1-7H,11H2,(H,12,13,14). The quantitative estimate of drug-likeness (QED) is 0.276. The molecule has 0 amide bonds. The highest BCUT2D eigenvalue weighted by atomic mass is 32.2. The lowest BCUT2D eigenvalue weighted by molar-refractivity contribution is 0.599. The van der Waals surface area contributed by atoms with Gasteiger partial charge in [0.05, 0.1) is 9.79 Å². The first kappa shape index (κ1) is 25.3. The Hall–Kier alpha value is -4.30. The maximum atomic E-state index is 12.0. The van der Waals surface area contributed by atoms with Gasteiger partial charge in [-0.2, -0.15) is 0 Å². The summed E-state index contributed by atoms with van der Waals surface area (Å²) < 4.78 is 52.3. The maximum Gasteiger partial charge on any atom is 0.264 e. The van der Waals surface area contributed by atoms with Crippen LogP contribution in [-0.2, 0) is 20.0 Å². The molecule has 4 aromatic rings. The number of rotatable bonds is 6. The first-order valence-electron chi connectivity index (χ1n) is 9.88. The highest BCUT2D eigenvalue weighted by Gasteiger charge is 2.16. The van der Waals surface area contributed by atoms with Crippen LogP contribution in [0.4, 0.5) is 23.3 Å². The van der Waals surface area contributed by atoms with Gasteiger partial charge in [0.25, 0.3) is 20.0 Å². The summed E-state index contributed by atoms with van der Waals surface area (Å²) in [7, 11) is -7.34. The van der Waals surface area contributed by atoms with Crippen molar-refractivity contribution in [2.75, 3.05) is 20.9 Å². The van der Waals surface area contributed by atoms with Gasteiger partial charge >= 0.3 is 0 Å². The predicted octanol–water partition coefficient (Wildman–Crippen LogP) is 2.03. The van der Waals surface area contributed by atoms with Gasteiger partial charge < -0.3 is 11.5 Å². The van der Waals surface area contributed by atoms with Gasteiger partial charge in [-0.15, -0.1) is 0 Å². The first-order valence-corrected chi connectivity index (χ1v) is 12.9. The molecule has 0 fully saturated rings. The van der Waals surface area contributed by atoms with Crippen molar-refractivity contribution >= 4 is 43.3 Å². The molecule has 0 bridgehead atoms. The van der Waals surface area contributed by atoms with Crippen LogP contribution in [0.15, 0.2) is 89.0 Å². The summed E-state index contributed by atoms with van der Waals surface area (Å²) in [6, 6.07) is 15.0. The highest BCUT2D eigenvalue weighted by Crippen LogP contribution is 2.15. The van der Waals surface area contributed by atoms with Gasteiger partial charge in [0.1, 0.15) is 0 Å². The number of anilines is 4. The second-order valence-corrected chi connectivity index (χ2v) is 10.3. The molecule has 14 heteroatoms. The number of nitrogen functional groups attached to an aromatic ring is 2. The number of hydrogen-bond donors (Lipinski definition) is 4. The molecule has 0 spiro atoms. The fourth-order valence-corrected chi connectivity index (χ4v) is 4.41. The highest BCUT2D eigenvalue weighted by molar-refractivity contribution is 7.93. The third-order valence-electron chi connectivity index (χ3n) is 4.19. The van der Waals surface area contributed by atoms with Gasteiger partial charge in [0.15, 0.2) is 0 Å². The minimum atomic E-state index is -3.68. The number of benzene rings is 2. The molecule has 6 N–H and O–H groups in total. The molecule has 4 rings (SSSR count). The van der Waals surface area contributed by atoms with Crippen molar-refractivity contribution in [1.82, 2.24) is 19.9 Å². The topological polar surface area (TPSA) is 196 Å². The summed E-state index contributed by atoms with van der Waals surface area (Å²) in [6.07, 6.45) is 4.39. The Balaban J connectivity index is 0.000000196. The van der Waals surface area contributed by atoms with Crippen molar-refractivity contribution < 1.29 is 16.8 Å². The van der Waals surface area contributed by atoms with E-state index in [0.717, 1.165) is 0 Å². The number of aromatic nitrogens is 4. The molecule has 0 aliphatic carbocycles. The molecule has 2 aromatic carbocycles. The van der Waals surface area contributed by atoms with Crippen molar-refractivity contribution in [2.45, 2.75) is 16.7 Å². The zero-order valence-electron chi connectivity index (χ0n) is 18.4. The predicted molar refractivity (Wildman–Crippen MR) is 132 cm³/mol. The van der Waals surface area contributed by atoms with Crippen molar-refractivity contribution in [2.24, 2.45) is 0 Å². The molecule has 2 heterocycles. The average Bonchev–Trinajstić information content (AvgIpc) is 2.80. The van der Waals surface area contributed by atoms with Crippen LogP contribution in [0.5, 0.6) is 0 Å². The third-order valence-corrected chi connectivity index (χ3v) is 6.88. The van der Waals surface area contributed by atoms with E-state index in [1.165, 1.54) is 67.1 Å². The Bertz CT molecular complexity index is 1480. The fraction of sp³-hybridized carbons (Fsp3) is 0.0476. The van der Waals surface area contributed by atoms with Gasteiger partial charge in [0, 0.05) is 35.7 Å². The van der Waals surface area contributed by atoms with E-state index in [1.54, 1.807) is 19.1 Å². The van der Waals surface area contributed by atoms with Crippen LogP contribution < -0.4 is 20.9 Å². The molecule has 35 heavy (non-hydrogen) atoms. The second-order valence-electron chi connectivity index (χ2n) is 6.94. The van der Waals surface area contributed by atoms with Gasteiger partial charge in [-0.25, -0.2) is 46.2 Å². The fourth-order valence-electron chi connectivity index (χ4n) is 2.50. The Morgan fingerprint density at radius 2 is 1.06 bits per heavy atom. The molecule has 0 radical (unpaired) electrons. The van der Waals surface area contributed by atoms with Gasteiger partial charge in [-0.05, 0) is 67.6 Å². The van der Waals surface area contributed by atoms with E-state index >= 15 is 0 Å². The van der Waals surface area contributed by atoms with Crippen LogP contribution in [0.2, 0.25) is 0 Å². The molecule has 2 aromatic heterocycles. The molecular formula is C21H22N8O4S2. The lowest BCUT2D eigenvalue weighted by atomic mass is 10.3. The zero-order chi connectivity index (χ0) is 25.5. The number of sulfonamides is 2. The Kier molecular flexibility index (Phi) is 7.78. The molecule has 0 aliphatic heterocycles. The molecule has 0 saturated heterocycles. The minimum Gasteiger partial charge on any atom is -0.399 e. The largest absolute Gasteiger partial charge is 0.399 e. The second kappa shape index (κ2) is 10.8. The van der Waals surface area contributed by atoms with Gasteiger partial charge in [0.2, 0.25) is 11.9 Å². The summed E-state index contributed by atoms with van der Waals surface area (Å²) in [5.74, 6) is 0.0798. The lowest BCUT2D eigenvalue weighted by Gasteiger charge is -2.06. The van der Waals surface area contributed by atoms with Crippen molar-refractivity contribution in [3.05, 3.63) is 84.9 Å². The van der Waals surface area contributed by atoms with E-state index in [0.29, 0.717) is 17.1 Å². The molecule has 0 aliphatic rings. The van der Waals surface area contributed by atoms with Crippen LogP contribution in [-0.4, -0.2) is 36.8 Å². The normalized spacial score (nSPS) is 11.1. The van der Waals surface area contributed by atoms with Crippen molar-refractivity contribution in [3.8, 4) is 0 Å².